The minimum Gasteiger partial charge on any atom is -0.462 e. The number of nitro groups is 1. The molecule has 0 aliphatic carbocycles. The van der Waals surface area contributed by atoms with Crippen LogP contribution in [0.25, 0.3) is 0 Å². The Morgan fingerprint density at radius 2 is 1.95 bits per heavy atom. The van der Waals surface area contributed by atoms with E-state index in [1.165, 1.54) is 23.9 Å². The Kier molecular flexibility index (Phi) is 5.78. The molecule has 0 aromatic heterocycles. The van der Waals surface area contributed by atoms with Gasteiger partial charge in [-0.05, 0) is 59.8 Å². The highest BCUT2D eigenvalue weighted by molar-refractivity contribution is 14.1. The number of hydrogen-bond donors (Lipinski definition) is 0. The number of ether oxygens (including phenoxy) is 1. The summed E-state index contributed by atoms with van der Waals surface area (Å²) >= 11 is 3.58. The standard InChI is InChI=1S/C15H12INO4S/c1-2-21-15(18)13-9-11(17(19)20)5-8-14(13)22-12-6-3-10(16)4-7-12/h3-9H,2H2,1H3. The van der Waals surface area contributed by atoms with Gasteiger partial charge in [0.2, 0.25) is 0 Å². The molecule has 0 amide bonds. The fourth-order valence-electron chi connectivity index (χ4n) is 1.72. The zero-order chi connectivity index (χ0) is 16.1. The molecule has 7 heteroatoms. The average Bonchev–Trinajstić information content (AvgIpc) is 2.50. The van der Waals surface area contributed by atoms with Crippen LogP contribution < -0.4 is 0 Å². The van der Waals surface area contributed by atoms with Crippen LogP contribution in [0.1, 0.15) is 17.3 Å². The Morgan fingerprint density at radius 3 is 2.55 bits per heavy atom. The first-order valence-corrected chi connectivity index (χ1v) is 8.29. The van der Waals surface area contributed by atoms with Crippen LogP contribution in [0, 0.1) is 13.7 Å². The largest absolute Gasteiger partial charge is 0.462 e. The molecule has 0 spiro atoms. The van der Waals surface area contributed by atoms with Crippen LogP contribution in [0.3, 0.4) is 0 Å². The molecule has 0 unspecified atom stereocenters. The van der Waals surface area contributed by atoms with E-state index in [1.807, 2.05) is 24.3 Å². The number of non-ortho nitro benzene ring substituents is 1. The summed E-state index contributed by atoms with van der Waals surface area (Å²) in [6.07, 6.45) is 0. The Hall–Kier alpha value is -1.61. The van der Waals surface area contributed by atoms with Crippen molar-refractivity contribution in [2.45, 2.75) is 16.7 Å². The summed E-state index contributed by atoms with van der Waals surface area (Å²) < 4.78 is 6.09. The third-order valence-electron chi connectivity index (χ3n) is 2.71. The van der Waals surface area contributed by atoms with Gasteiger partial charge in [0.15, 0.2) is 0 Å². The molecule has 0 heterocycles. The average molecular weight is 429 g/mol. The molecule has 0 N–H and O–H groups in total. The van der Waals surface area contributed by atoms with Gasteiger partial charge in [-0.25, -0.2) is 4.79 Å². The van der Waals surface area contributed by atoms with Crippen LogP contribution in [0.15, 0.2) is 52.3 Å². The van der Waals surface area contributed by atoms with E-state index >= 15 is 0 Å². The Balaban J connectivity index is 2.38. The second-order valence-corrected chi connectivity index (χ2v) is 6.58. The first-order chi connectivity index (χ1) is 10.5. The van der Waals surface area contributed by atoms with Crippen LogP contribution >= 0.6 is 34.4 Å². The molecule has 0 radical (unpaired) electrons. The van der Waals surface area contributed by atoms with E-state index in [2.05, 4.69) is 22.6 Å². The molecule has 0 aliphatic heterocycles. The van der Waals surface area contributed by atoms with Crippen molar-refractivity contribution < 1.29 is 14.5 Å². The highest BCUT2D eigenvalue weighted by atomic mass is 127. The minimum absolute atomic E-state index is 0.130. The van der Waals surface area contributed by atoms with Gasteiger partial charge in [-0.2, -0.15) is 0 Å². The zero-order valence-corrected chi connectivity index (χ0v) is 14.6. The SMILES string of the molecule is CCOC(=O)c1cc([N+](=O)[O-])ccc1Sc1ccc(I)cc1. The zero-order valence-electron chi connectivity index (χ0n) is 11.6. The topological polar surface area (TPSA) is 69.4 Å². The van der Waals surface area contributed by atoms with Gasteiger partial charge in [0.25, 0.3) is 5.69 Å². The molecule has 5 nitrogen and oxygen atoms in total. The number of halogens is 1. The van der Waals surface area contributed by atoms with Crippen LogP contribution in [-0.2, 0) is 4.74 Å². The van der Waals surface area contributed by atoms with Crippen molar-refractivity contribution in [3.05, 3.63) is 61.7 Å². The third-order valence-corrected chi connectivity index (χ3v) is 4.51. The molecule has 2 aromatic carbocycles. The van der Waals surface area contributed by atoms with E-state index in [4.69, 9.17) is 4.74 Å². The second kappa shape index (κ2) is 7.59. The number of benzene rings is 2. The predicted octanol–water partition coefficient (Wildman–Crippen LogP) is 4.53. The molecule has 0 aliphatic rings. The molecule has 0 bridgehead atoms. The lowest BCUT2D eigenvalue weighted by molar-refractivity contribution is -0.384. The van der Waals surface area contributed by atoms with Crippen molar-refractivity contribution in [3.63, 3.8) is 0 Å². The molecule has 0 saturated heterocycles. The van der Waals surface area contributed by atoms with E-state index < -0.39 is 10.9 Å². The molecule has 0 saturated carbocycles. The monoisotopic (exact) mass is 429 g/mol. The van der Waals surface area contributed by atoms with Crippen molar-refractivity contribution in [2.24, 2.45) is 0 Å². The summed E-state index contributed by atoms with van der Waals surface area (Å²) in [4.78, 5) is 24.0. The normalized spacial score (nSPS) is 10.3. The molecule has 2 rings (SSSR count). The smallest absolute Gasteiger partial charge is 0.339 e. The van der Waals surface area contributed by atoms with Gasteiger partial charge < -0.3 is 4.74 Å². The van der Waals surface area contributed by atoms with E-state index in [0.29, 0.717) is 4.90 Å². The lowest BCUT2D eigenvalue weighted by atomic mass is 10.2. The van der Waals surface area contributed by atoms with Gasteiger partial charge in [-0.15, -0.1) is 0 Å². The first kappa shape index (κ1) is 16.8. The van der Waals surface area contributed by atoms with Gasteiger partial charge in [0.1, 0.15) is 0 Å². The van der Waals surface area contributed by atoms with Crippen LogP contribution in [0.5, 0.6) is 0 Å². The van der Waals surface area contributed by atoms with Crippen molar-refractivity contribution in [2.75, 3.05) is 6.61 Å². The van der Waals surface area contributed by atoms with Crippen molar-refractivity contribution >= 4 is 46.0 Å². The first-order valence-electron chi connectivity index (χ1n) is 6.40. The summed E-state index contributed by atoms with van der Waals surface area (Å²) in [5.41, 5.74) is 0.0783. The van der Waals surface area contributed by atoms with Crippen LogP contribution in [-0.4, -0.2) is 17.5 Å². The number of hydrogen-bond acceptors (Lipinski definition) is 5. The van der Waals surface area contributed by atoms with E-state index in [-0.39, 0.29) is 17.9 Å². The lowest BCUT2D eigenvalue weighted by Crippen LogP contribution is -2.07. The number of nitrogens with zero attached hydrogens (tertiary/aromatic N) is 1. The predicted molar refractivity (Wildman–Crippen MR) is 92.3 cm³/mol. The van der Waals surface area contributed by atoms with Gasteiger partial charge in [-0.1, -0.05) is 11.8 Å². The van der Waals surface area contributed by atoms with E-state index in [1.54, 1.807) is 13.0 Å². The summed E-state index contributed by atoms with van der Waals surface area (Å²) in [5, 5.41) is 10.9. The van der Waals surface area contributed by atoms with E-state index in [0.717, 1.165) is 8.47 Å². The Bertz CT molecular complexity index is 703. The maximum absolute atomic E-state index is 12.0. The molecule has 114 valence electrons. The molecule has 0 fully saturated rings. The minimum atomic E-state index is -0.556. The molecule has 0 atom stereocenters. The van der Waals surface area contributed by atoms with Gasteiger partial charge in [0.05, 0.1) is 17.1 Å². The van der Waals surface area contributed by atoms with Crippen molar-refractivity contribution in [3.8, 4) is 0 Å². The van der Waals surface area contributed by atoms with Gasteiger partial charge >= 0.3 is 5.97 Å². The Morgan fingerprint density at radius 1 is 1.27 bits per heavy atom. The molecular formula is C15H12INO4S. The maximum Gasteiger partial charge on any atom is 0.339 e. The summed E-state index contributed by atoms with van der Waals surface area (Å²) in [6, 6.07) is 12.0. The number of rotatable bonds is 5. The quantitative estimate of drug-likeness (QED) is 0.303. The maximum atomic E-state index is 12.0. The molecule has 2 aromatic rings. The molecular weight excluding hydrogens is 417 g/mol. The number of nitro benzene ring substituents is 1. The summed E-state index contributed by atoms with van der Waals surface area (Å²) in [7, 11) is 0. The molecule has 22 heavy (non-hydrogen) atoms. The Labute approximate surface area is 145 Å². The van der Waals surface area contributed by atoms with Crippen LogP contribution in [0.4, 0.5) is 5.69 Å². The third kappa shape index (κ3) is 4.20. The highest BCUT2D eigenvalue weighted by Crippen LogP contribution is 2.33. The van der Waals surface area contributed by atoms with Crippen molar-refractivity contribution in [1.29, 1.82) is 0 Å². The lowest BCUT2D eigenvalue weighted by Gasteiger charge is -2.08. The highest BCUT2D eigenvalue weighted by Gasteiger charge is 2.18. The second-order valence-electron chi connectivity index (χ2n) is 4.21. The van der Waals surface area contributed by atoms with Gasteiger partial charge in [-0.3, -0.25) is 10.1 Å². The van der Waals surface area contributed by atoms with Gasteiger partial charge in [0, 0.05) is 25.5 Å². The van der Waals surface area contributed by atoms with Crippen LogP contribution in [0.2, 0.25) is 0 Å². The summed E-state index contributed by atoms with van der Waals surface area (Å²) in [5.74, 6) is -0.556. The number of carbonyl (C=O) groups is 1. The summed E-state index contributed by atoms with van der Waals surface area (Å²) in [6.45, 7) is 1.91. The number of carbonyl (C=O) groups excluding carboxylic acids is 1. The number of esters is 1. The fourth-order valence-corrected chi connectivity index (χ4v) is 2.99. The fraction of sp³-hybridized carbons (Fsp3) is 0.133. The van der Waals surface area contributed by atoms with Crippen molar-refractivity contribution in [1.82, 2.24) is 0 Å². The van der Waals surface area contributed by atoms with E-state index in [9.17, 15) is 14.9 Å².